The predicted octanol–water partition coefficient (Wildman–Crippen LogP) is 2.05. The maximum atomic E-state index is 11.8. The molecule has 94 valence electrons. The van der Waals surface area contributed by atoms with Crippen LogP contribution in [-0.4, -0.2) is 9.55 Å². The maximum Gasteiger partial charge on any atom is 0.334 e. The Hall–Kier alpha value is -1.81. The van der Waals surface area contributed by atoms with Gasteiger partial charge in [0.05, 0.1) is 5.69 Å². The summed E-state index contributed by atoms with van der Waals surface area (Å²) in [6, 6.07) is 6.69. The molecule has 18 heavy (non-hydrogen) atoms. The molecule has 4 nitrogen and oxygen atoms in total. The van der Waals surface area contributed by atoms with Crippen LogP contribution >= 0.6 is 11.6 Å². The van der Waals surface area contributed by atoms with E-state index in [1.807, 2.05) is 19.1 Å². The first kappa shape index (κ1) is 12.6. The summed E-state index contributed by atoms with van der Waals surface area (Å²) < 4.78 is 1.07. The molecular formula is C13H13ClN2O2. The van der Waals surface area contributed by atoms with E-state index >= 15 is 0 Å². The number of halogens is 1. The Morgan fingerprint density at radius 3 is 2.56 bits per heavy atom. The van der Waals surface area contributed by atoms with Gasteiger partial charge in [0, 0.05) is 6.07 Å². The fourth-order valence-electron chi connectivity index (χ4n) is 1.93. The monoisotopic (exact) mass is 264 g/mol. The minimum atomic E-state index is -0.531. The standard InChI is InChI=1S/C13H13ClN2O2/c1-3-9-4-5-10(6-8(9)2)16-12(17)7-11(14)15-13(16)18/h4-7H,3H2,1-2H3,(H,15,18). The summed E-state index contributed by atoms with van der Waals surface area (Å²) >= 11 is 5.62. The number of hydrogen-bond acceptors (Lipinski definition) is 2. The number of aromatic amines is 1. The lowest BCUT2D eigenvalue weighted by Crippen LogP contribution is -2.33. The molecule has 1 aromatic carbocycles. The van der Waals surface area contributed by atoms with Crippen LogP contribution in [0.2, 0.25) is 5.15 Å². The van der Waals surface area contributed by atoms with Gasteiger partial charge in [-0.3, -0.25) is 9.78 Å². The van der Waals surface area contributed by atoms with Crippen molar-refractivity contribution in [2.24, 2.45) is 0 Å². The van der Waals surface area contributed by atoms with E-state index in [4.69, 9.17) is 11.6 Å². The van der Waals surface area contributed by atoms with Crippen LogP contribution in [0.1, 0.15) is 18.1 Å². The molecule has 0 fully saturated rings. The molecule has 0 aliphatic carbocycles. The van der Waals surface area contributed by atoms with Crippen molar-refractivity contribution >= 4 is 11.6 Å². The molecule has 0 spiro atoms. The van der Waals surface area contributed by atoms with Crippen LogP contribution in [0, 0.1) is 6.92 Å². The smallest absolute Gasteiger partial charge is 0.297 e. The van der Waals surface area contributed by atoms with Crippen LogP contribution in [0.25, 0.3) is 5.69 Å². The summed E-state index contributed by atoms with van der Waals surface area (Å²) in [6.45, 7) is 4.01. The van der Waals surface area contributed by atoms with Crippen molar-refractivity contribution in [3.63, 3.8) is 0 Å². The molecule has 0 radical (unpaired) electrons. The Labute approximate surface area is 109 Å². The number of rotatable bonds is 2. The molecule has 2 rings (SSSR count). The molecule has 0 bridgehead atoms. The molecule has 1 heterocycles. The molecule has 0 saturated heterocycles. The molecule has 0 atom stereocenters. The van der Waals surface area contributed by atoms with Crippen molar-refractivity contribution in [2.45, 2.75) is 20.3 Å². The van der Waals surface area contributed by atoms with Crippen LogP contribution in [0.15, 0.2) is 33.9 Å². The molecule has 2 aromatic rings. The average Bonchev–Trinajstić information content (AvgIpc) is 2.27. The molecular weight excluding hydrogens is 252 g/mol. The highest BCUT2D eigenvalue weighted by atomic mass is 35.5. The number of aryl methyl sites for hydroxylation is 2. The van der Waals surface area contributed by atoms with Gasteiger partial charge in [0.15, 0.2) is 0 Å². The van der Waals surface area contributed by atoms with Crippen molar-refractivity contribution in [1.82, 2.24) is 9.55 Å². The molecule has 0 unspecified atom stereocenters. The largest absolute Gasteiger partial charge is 0.334 e. The Balaban J connectivity index is 2.67. The van der Waals surface area contributed by atoms with E-state index in [0.717, 1.165) is 16.6 Å². The second-order valence-electron chi connectivity index (χ2n) is 4.06. The molecule has 0 saturated carbocycles. The van der Waals surface area contributed by atoms with Crippen LogP contribution in [-0.2, 0) is 6.42 Å². The highest BCUT2D eigenvalue weighted by Crippen LogP contribution is 2.13. The van der Waals surface area contributed by atoms with Crippen LogP contribution in [0.3, 0.4) is 0 Å². The summed E-state index contributed by atoms with van der Waals surface area (Å²) in [4.78, 5) is 25.9. The van der Waals surface area contributed by atoms with Gasteiger partial charge < -0.3 is 0 Å². The summed E-state index contributed by atoms with van der Waals surface area (Å²) in [5.41, 5.74) is 1.82. The topological polar surface area (TPSA) is 54.9 Å². The third-order valence-electron chi connectivity index (χ3n) is 2.87. The van der Waals surface area contributed by atoms with Gasteiger partial charge in [0.2, 0.25) is 0 Å². The number of H-pyrrole nitrogens is 1. The first-order valence-electron chi connectivity index (χ1n) is 5.64. The SMILES string of the molecule is CCc1ccc(-n2c(=O)cc(Cl)[nH]c2=O)cc1C. The quantitative estimate of drug-likeness (QED) is 0.844. The van der Waals surface area contributed by atoms with Gasteiger partial charge in [-0.1, -0.05) is 24.6 Å². The van der Waals surface area contributed by atoms with Gasteiger partial charge in [-0.15, -0.1) is 0 Å². The molecule has 1 aromatic heterocycles. The molecule has 0 aliphatic heterocycles. The molecule has 0 aliphatic rings. The van der Waals surface area contributed by atoms with Crippen LogP contribution in [0.4, 0.5) is 0 Å². The van der Waals surface area contributed by atoms with Gasteiger partial charge >= 0.3 is 5.69 Å². The zero-order valence-corrected chi connectivity index (χ0v) is 10.9. The highest BCUT2D eigenvalue weighted by Gasteiger charge is 2.07. The fourth-order valence-corrected chi connectivity index (χ4v) is 2.10. The Morgan fingerprint density at radius 1 is 1.28 bits per heavy atom. The van der Waals surface area contributed by atoms with Gasteiger partial charge in [-0.25, -0.2) is 9.36 Å². The first-order valence-corrected chi connectivity index (χ1v) is 6.02. The zero-order chi connectivity index (χ0) is 13.3. The Kier molecular flexibility index (Phi) is 3.39. The lowest BCUT2D eigenvalue weighted by Gasteiger charge is -2.08. The minimum Gasteiger partial charge on any atom is -0.297 e. The molecule has 5 heteroatoms. The Bertz CT molecular complexity index is 670. The lowest BCUT2D eigenvalue weighted by atomic mass is 10.1. The highest BCUT2D eigenvalue weighted by molar-refractivity contribution is 6.29. The van der Waals surface area contributed by atoms with Gasteiger partial charge in [0.1, 0.15) is 5.15 Å². The normalized spacial score (nSPS) is 10.6. The van der Waals surface area contributed by atoms with Crippen molar-refractivity contribution in [1.29, 1.82) is 0 Å². The summed E-state index contributed by atoms with van der Waals surface area (Å²) in [7, 11) is 0. The zero-order valence-electron chi connectivity index (χ0n) is 10.2. The third kappa shape index (κ3) is 2.24. The second-order valence-corrected chi connectivity index (χ2v) is 4.47. The minimum absolute atomic E-state index is 0.0446. The summed E-state index contributed by atoms with van der Waals surface area (Å²) in [6.07, 6.45) is 0.915. The van der Waals surface area contributed by atoms with Crippen molar-refractivity contribution < 1.29 is 0 Å². The van der Waals surface area contributed by atoms with E-state index in [1.54, 1.807) is 6.07 Å². The van der Waals surface area contributed by atoms with E-state index in [1.165, 1.54) is 11.6 Å². The summed E-state index contributed by atoms with van der Waals surface area (Å²) in [5, 5.41) is 0.0446. The van der Waals surface area contributed by atoms with Gasteiger partial charge in [-0.2, -0.15) is 0 Å². The second kappa shape index (κ2) is 4.82. The Morgan fingerprint density at radius 2 is 2.00 bits per heavy atom. The van der Waals surface area contributed by atoms with Gasteiger partial charge in [-0.05, 0) is 36.6 Å². The van der Waals surface area contributed by atoms with Gasteiger partial charge in [0.25, 0.3) is 5.56 Å². The molecule has 0 amide bonds. The third-order valence-corrected chi connectivity index (χ3v) is 3.07. The predicted molar refractivity (Wildman–Crippen MR) is 71.8 cm³/mol. The van der Waals surface area contributed by atoms with E-state index in [0.29, 0.717) is 5.69 Å². The fraction of sp³-hybridized carbons (Fsp3) is 0.231. The van der Waals surface area contributed by atoms with Crippen molar-refractivity contribution in [2.75, 3.05) is 0 Å². The van der Waals surface area contributed by atoms with Crippen LogP contribution < -0.4 is 11.2 Å². The number of benzene rings is 1. The van der Waals surface area contributed by atoms with E-state index in [-0.39, 0.29) is 5.15 Å². The van der Waals surface area contributed by atoms with E-state index < -0.39 is 11.2 Å². The molecule has 1 N–H and O–H groups in total. The number of nitrogens with zero attached hydrogens (tertiary/aromatic N) is 1. The van der Waals surface area contributed by atoms with Crippen LogP contribution in [0.5, 0.6) is 0 Å². The number of nitrogens with one attached hydrogen (secondary N) is 1. The lowest BCUT2D eigenvalue weighted by molar-refractivity contribution is 0.873. The maximum absolute atomic E-state index is 11.8. The number of aromatic nitrogens is 2. The first-order chi connectivity index (χ1) is 8.52. The number of hydrogen-bond donors (Lipinski definition) is 1. The average molecular weight is 265 g/mol. The van der Waals surface area contributed by atoms with E-state index in [2.05, 4.69) is 11.9 Å². The van der Waals surface area contributed by atoms with Crippen molar-refractivity contribution in [3.8, 4) is 5.69 Å². The summed E-state index contributed by atoms with van der Waals surface area (Å²) in [5.74, 6) is 0. The van der Waals surface area contributed by atoms with E-state index in [9.17, 15) is 9.59 Å². The van der Waals surface area contributed by atoms with Crippen molar-refractivity contribution in [3.05, 3.63) is 61.4 Å².